The van der Waals surface area contributed by atoms with Gasteiger partial charge in [-0.05, 0) is 19.4 Å². The summed E-state index contributed by atoms with van der Waals surface area (Å²) in [5, 5.41) is 1.43. The number of halogens is 1. The summed E-state index contributed by atoms with van der Waals surface area (Å²) in [7, 11) is 0. The van der Waals surface area contributed by atoms with Crippen molar-refractivity contribution >= 4 is 23.4 Å². The minimum absolute atomic E-state index is 0.399. The van der Waals surface area contributed by atoms with Gasteiger partial charge in [-0.15, -0.1) is 23.4 Å². The van der Waals surface area contributed by atoms with Crippen LogP contribution in [0.5, 0.6) is 0 Å². The van der Waals surface area contributed by atoms with Crippen LogP contribution in [0.2, 0.25) is 0 Å². The van der Waals surface area contributed by atoms with E-state index in [1.807, 2.05) is 13.0 Å². The Labute approximate surface area is 94.5 Å². The Morgan fingerprint density at radius 3 is 2.79 bits per heavy atom. The maximum Gasteiger partial charge on any atom is 0.126 e. The van der Waals surface area contributed by atoms with Crippen LogP contribution in [0, 0.1) is 6.92 Å². The number of hydrogen-bond acceptors (Lipinski definition) is 3. The summed E-state index contributed by atoms with van der Waals surface area (Å²) in [6, 6.07) is 2.04. The lowest BCUT2D eigenvalue weighted by Gasteiger charge is -2.07. The fraction of sp³-hybridized carbons (Fsp3) is 0.600. The summed E-state index contributed by atoms with van der Waals surface area (Å²) in [6.07, 6.45) is 0.951. The monoisotopic (exact) mass is 230 g/mol. The zero-order chi connectivity index (χ0) is 10.6. The molecule has 0 aromatic carbocycles. The van der Waals surface area contributed by atoms with Crippen LogP contribution in [-0.4, -0.2) is 21.1 Å². The lowest BCUT2D eigenvalue weighted by Crippen LogP contribution is -2.01. The topological polar surface area (TPSA) is 25.8 Å². The van der Waals surface area contributed by atoms with Crippen molar-refractivity contribution in [3.63, 3.8) is 0 Å². The van der Waals surface area contributed by atoms with E-state index in [2.05, 4.69) is 23.8 Å². The smallest absolute Gasteiger partial charge is 0.126 e. The molecule has 0 aliphatic carbocycles. The molecule has 0 aliphatic heterocycles. The van der Waals surface area contributed by atoms with Crippen molar-refractivity contribution in [2.24, 2.45) is 0 Å². The van der Waals surface area contributed by atoms with Crippen LogP contribution >= 0.6 is 23.4 Å². The number of aryl methyl sites for hydroxylation is 2. The van der Waals surface area contributed by atoms with Gasteiger partial charge >= 0.3 is 0 Å². The predicted octanol–water partition coefficient (Wildman–Crippen LogP) is 3.07. The first-order valence-corrected chi connectivity index (χ1v) is 6.14. The van der Waals surface area contributed by atoms with E-state index in [0.29, 0.717) is 11.1 Å². The van der Waals surface area contributed by atoms with E-state index in [9.17, 15) is 0 Å². The minimum Gasteiger partial charge on any atom is -0.238 e. The largest absolute Gasteiger partial charge is 0.238 e. The maximum absolute atomic E-state index is 5.75. The Hall–Kier alpha value is -0.280. The molecule has 14 heavy (non-hydrogen) atoms. The summed E-state index contributed by atoms with van der Waals surface area (Å²) in [6.45, 7) is 6.12. The van der Waals surface area contributed by atoms with Crippen LogP contribution in [0.1, 0.15) is 25.4 Å². The van der Waals surface area contributed by atoms with Crippen LogP contribution in [0.15, 0.2) is 11.1 Å². The van der Waals surface area contributed by atoms with Crippen molar-refractivity contribution in [2.75, 3.05) is 5.88 Å². The fourth-order valence-corrected chi connectivity index (χ4v) is 2.13. The van der Waals surface area contributed by atoms with E-state index in [0.717, 1.165) is 23.0 Å². The Bertz CT molecular complexity index is 304. The third-order valence-electron chi connectivity index (χ3n) is 1.77. The number of thioether (sulfide) groups is 1. The highest BCUT2D eigenvalue weighted by Crippen LogP contribution is 2.22. The second-order valence-corrected chi connectivity index (χ2v) is 4.95. The van der Waals surface area contributed by atoms with Crippen LogP contribution in [-0.2, 0) is 6.42 Å². The van der Waals surface area contributed by atoms with Crippen molar-refractivity contribution in [3.8, 4) is 0 Å². The van der Waals surface area contributed by atoms with Crippen molar-refractivity contribution in [1.29, 1.82) is 0 Å². The molecule has 1 rings (SSSR count). The van der Waals surface area contributed by atoms with Gasteiger partial charge in [0.25, 0.3) is 0 Å². The number of aromatic nitrogens is 2. The lowest BCUT2D eigenvalue weighted by molar-refractivity contribution is 0.893. The third-order valence-corrected chi connectivity index (χ3v) is 3.43. The molecule has 1 aromatic heterocycles. The zero-order valence-corrected chi connectivity index (χ0v) is 10.3. The SMILES string of the molecule is CCc1cc(SC(C)CCl)nc(C)n1. The van der Waals surface area contributed by atoms with Gasteiger partial charge in [-0.2, -0.15) is 0 Å². The van der Waals surface area contributed by atoms with E-state index < -0.39 is 0 Å². The average molecular weight is 231 g/mol. The third kappa shape index (κ3) is 3.46. The van der Waals surface area contributed by atoms with Gasteiger partial charge < -0.3 is 0 Å². The van der Waals surface area contributed by atoms with Crippen molar-refractivity contribution in [2.45, 2.75) is 37.5 Å². The first-order valence-electron chi connectivity index (χ1n) is 4.73. The highest BCUT2D eigenvalue weighted by Gasteiger charge is 2.06. The molecule has 0 saturated heterocycles. The summed E-state index contributed by atoms with van der Waals surface area (Å²) in [5.41, 5.74) is 1.10. The molecule has 4 heteroatoms. The van der Waals surface area contributed by atoms with Gasteiger partial charge in [0, 0.05) is 16.8 Å². The van der Waals surface area contributed by atoms with E-state index in [1.54, 1.807) is 11.8 Å². The van der Waals surface area contributed by atoms with Gasteiger partial charge in [-0.3, -0.25) is 0 Å². The first kappa shape index (κ1) is 11.8. The minimum atomic E-state index is 0.399. The van der Waals surface area contributed by atoms with Gasteiger partial charge in [0.2, 0.25) is 0 Å². The van der Waals surface area contributed by atoms with E-state index in [4.69, 9.17) is 11.6 Å². The second-order valence-electron chi connectivity index (χ2n) is 3.18. The molecule has 1 atom stereocenters. The Morgan fingerprint density at radius 1 is 1.50 bits per heavy atom. The lowest BCUT2D eigenvalue weighted by atomic mass is 10.3. The molecule has 78 valence electrons. The van der Waals surface area contributed by atoms with Crippen LogP contribution in [0.4, 0.5) is 0 Å². The average Bonchev–Trinajstić information content (AvgIpc) is 2.16. The Balaban J connectivity index is 2.81. The summed E-state index contributed by atoms with van der Waals surface area (Å²) >= 11 is 7.46. The van der Waals surface area contributed by atoms with Crippen LogP contribution in [0.25, 0.3) is 0 Å². The van der Waals surface area contributed by atoms with Gasteiger partial charge in [-0.1, -0.05) is 13.8 Å². The maximum atomic E-state index is 5.75. The number of hydrogen-bond donors (Lipinski definition) is 0. The quantitative estimate of drug-likeness (QED) is 0.452. The van der Waals surface area contributed by atoms with Crippen LogP contribution in [0.3, 0.4) is 0 Å². The second kappa shape index (κ2) is 5.56. The zero-order valence-electron chi connectivity index (χ0n) is 8.75. The molecule has 0 bridgehead atoms. The molecule has 0 fully saturated rings. The highest BCUT2D eigenvalue weighted by atomic mass is 35.5. The van der Waals surface area contributed by atoms with Crippen molar-refractivity contribution in [3.05, 3.63) is 17.6 Å². The van der Waals surface area contributed by atoms with E-state index >= 15 is 0 Å². The number of alkyl halides is 1. The van der Waals surface area contributed by atoms with Gasteiger partial charge in [0.05, 0.1) is 0 Å². The molecule has 0 aliphatic rings. The standard InChI is InChI=1S/C10H15ClN2S/c1-4-9-5-10(13-8(3)12-9)14-7(2)6-11/h5,7H,4,6H2,1-3H3. The molecule has 2 nitrogen and oxygen atoms in total. The highest BCUT2D eigenvalue weighted by molar-refractivity contribution is 7.99. The predicted molar refractivity (Wildman–Crippen MR) is 62.2 cm³/mol. The normalized spacial score (nSPS) is 12.9. The van der Waals surface area contributed by atoms with Gasteiger partial charge in [-0.25, -0.2) is 9.97 Å². The molecule has 0 amide bonds. The molecule has 1 unspecified atom stereocenters. The van der Waals surface area contributed by atoms with Crippen molar-refractivity contribution in [1.82, 2.24) is 9.97 Å². The van der Waals surface area contributed by atoms with E-state index in [1.165, 1.54) is 0 Å². The summed E-state index contributed by atoms with van der Waals surface area (Å²) in [4.78, 5) is 8.69. The molecular formula is C10H15ClN2S. The van der Waals surface area contributed by atoms with Crippen molar-refractivity contribution < 1.29 is 0 Å². The van der Waals surface area contributed by atoms with Gasteiger partial charge in [0.15, 0.2) is 0 Å². The number of rotatable bonds is 4. The molecular weight excluding hydrogens is 216 g/mol. The molecule has 0 saturated carbocycles. The molecule has 0 radical (unpaired) electrons. The Morgan fingerprint density at radius 2 is 2.21 bits per heavy atom. The van der Waals surface area contributed by atoms with Crippen LogP contribution < -0.4 is 0 Å². The first-order chi connectivity index (χ1) is 6.65. The molecule has 0 spiro atoms. The Kier molecular flexibility index (Phi) is 4.69. The fourth-order valence-electron chi connectivity index (χ4n) is 1.08. The van der Waals surface area contributed by atoms with Gasteiger partial charge in [0.1, 0.15) is 10.9 Å². The molecule has 1 heterocycles. The number of nitrogens with zero attached hydrogens (tertiary/aromatic N) is 2. The molecule has 1 aromatic rings. The van der Waals surface area contributed by atoms with E-state index in [-0.39, 0.29) is 0 Å². The molecule has 0 N–H and O–H groups in total. The summed E-state index contributed by atoms with van der Waals surface area (Å²) in [5.74, 6) is 1.49. The summed E-state index contributed by atoms with van der Waals surface area (Å²) < 4.78 is 0.